The summed E-state index contributed by atoms with van der Waals surface area (Å²) in [5.74, 6) is 0. The molecule has 2 aromatic rings. The van der Waals surface area contributed by atoms with Crippen LogP contribution in [0.5, 0.6) is 0 Å². The first-order valence-corrected chi connectivity index (χ1v) is 7.53. The van der Waals surface area contributed by atoms with E-state index in [1.54, 1.807) is 4.68 Å². The van der Waals surface area contributed by atoms with E-state index < -0.39 is 6.10 Å². The minimum Gasteiger partial charge on any atom is -0.391 e. The minimum absolute atomic E-state index is 0.168. The Balaban J connectivity index is 1.68. The Hall–Kier alpha value is -2.25. The van der Waals surface area contributed by atoms with E-state index in [4.69, 9.17) is 9.57 Å². The third-order valence-electron chi connectivity index (χ3n) is 3.60. The maximum atomic E-state index is 9.84. The van der Waals surface area contributed by atoms with Crippen LogP contribution in [0.3, 0.4) is 0 Å². The molecular formula is C16H20N4O3. The molecule has 1 saturated heterocycles. The fourth-order valence-electron chi connectivity index (χ4n) is 2.36. The van der Waals surface area contributed by atoms with Crippen molar-refractivity contribution in [2.75, 3.05) is 13.2 Å². The molecule has 1 aromatic carbocycles. The normalized spacial score (nSPS) is 20.5. The number of hydrogen-bond acceptors (Lipinski definition) is 6. The van der Waals surface area contributed by atoms with Gasteiger partial charge in [-0.2, -0.15) is 0 Å². The first kappa shape index (κ1) is 15.6. The molecule has 1 N–H and O–H groups in total. The van der Waals surface area contributed by atoms with E-state index in [9.17, 15) is 5.11 Å². The van der Waals surface area contributed by atoms with Crippen molar-refractivity contribution in [3.63, 3.8) is 0 Å². The Bertz CT molecular complexity index is 677. The number of hydrogen-bond donors (Lipinski definition) is 1. The lowest BCUT2D eigenvalue weighted by Crippen LogP contribution is -2.22. The minimum atomic E-state index is -0.536. The third kappa shape index (κ3) is 3.75. The molecule has 122 valence electrons. The average molecular weight is 316 g/mol. The number of rotatable bonds is 5. The van der Waals surface area contributed by atoms with E-state index in [1.807, 2.05) is 44.3 Å². The highest BCUT2D eigenvalue weighted by Crippen LogP contribution is 2.22. The van der Waals surface area contributed by atoms with Gasteiger partial charge < -0.3 is 14.7 Å². The highest BCUT2D eigenvalue weighted by atomic mass is 16.6. The number of oxime groups is 1. The van der Waals surface area contributed by atoms with E-state index >= 15 is 0 Å². The summed E-state index contributed by atoms with van der Waals surface area (Å²) < 4.78 is 6.92. The van der Waals surface area contributed by atoms with Gasteiger partial charge in [-0.25, -0.2) is 4.68 Å². The maximum Gasteiger partial charge on any atom is 0.142 e. The molecule has 0 amide bonds. The van der Waals surface area contributed by atoms with E-state index in [-0.39, 0.29) is 6.04 Å². The summed E-state index contributed by atoms with van der Waals surface area (Å²) in [4.78, 5) is 5.22. The zero-order valence-electron chi connectivity index (χ0n) is 13.2. The van der Waals surface area contributed by atoms with Crippen LogP contribution in [0.15, 0.2) is 35.6 Å². The monoisotopic (exact) mass is 316 g/mol. The molecule has 0 saturated carbocycles. The van der Waals surface area contributed by atoms with Crippen molar-refractivity contribution < 1.29 is 14.7 Å². The van der Waals surface area contributed by atoms with Crippen molar-refractivity contribution in [1.82, 2.24) is 15.0 Å². The molecule has 0 bridgehead atoms. The molecule has 0 unspecified atom stereocenters. The van der Waals surface area contributed by atoms with Gasteiger partial charge in [0.25, 0.3) is 0 Å². The number of aliphatic hydroxyl groups excluding tert-OH is 1. The zero-order chi connectivity index (χ0) is 16.2. The first-order valence-electron chi connectivity index (χ1n) is 7.53. The number of aliphatic hydroxyl groups is 1. The SMILES string of the molecule is CC(C)=NOCc1ccc(-c2cn([C@@H]3COC[C@H]3O)nn2)cc1. The molecule has 3 rings (SSSR count). The van der Waals surface area contributed by atoms with Gasteiger partial charge in [0, 0.05) is 5.56 Å². The second-order valence-corrected chi connectivity index (χ2v) is 5.76. The van der Waals surface area contributed by atoms with E-state index in [1.165, 1.54) is 0 Å². The van der Waals surface area contributed by atoms with Gasteiger partial charge in [-0.3, -0.25) is 0 Å². The molecule has 2 heterocycles. The summed E-state index contributed by atoms with van der Waals surface area (Å²) in [6.45, 7) is 5.01. The van der Waals surface area contributed by atoms with Crippen molar-refractivity contribution in [1.29, 1.82) is 0 Å². The summed E-state index contributed by atoms with van der Waals surface area (Å²) in [7, 11) is 0. The molecule has 7 heteroatoms. The molecule has 1 aliphatic heterocycles. The van der Waals surface area contributed by atoms with Crippen LogP contribution >= 0.6 is 0 Å². The lowest BCUT2D eigenvalue weighted by Gasteiger charge is -2.10. The predicted molar refractivity (Wildman–Crippen MR) is 84.9 cm³/mol. The molecule has 0 aliphatic carbocycles. The summed E-state index contributed by atoms with van der Waals surface area (Å²) >= 11 is 0. The van der Waals surface area contributed by atoms with Crippen LogP contribution in [0.1, 0.15) is 25.5 Å². The molecule has 0 radical (unpaired) electrons. The fraction of sp³-hybridized carbons (Fsp3) is 0.438. The number of ether oxygens (including phenoxy) is 1. The molecule has 23 heavy (non-hydrogen) atoms. The number of benzene rings is 1. The van der Waals surface area contributed by atoms with Crippen molar-refractivity contribution in [2.45, 2.75) is 32.6 Å². The van der Waals surface area contributed by atoms with Crippen LogP contribution in [-0.4, -0.2) is 45.1 Å². The van der Waals surface area contributed by atoms with Crippen LogP contribution in [0, 0.1) is 0 Å². The van der Waals surface area contributed by atoms with E-state index in [2.05, 4.69) is 15.5 Å². The molecule has 1 aromatic heterocycles. The molecule has 2 atom stereocenters. The Morgan fingerprint density at radius 1 is 1.35 bits per heavy atom. The second-order valence-electron chi connectivity index (χ2n) is 5.76. The van der Waals surface area contributed by atoms with Crippen molar-refractivity contribution in [3.8, 4) is 11.3 Å². The van der Waals surface area contributed by atoms with Crippen LogP contribution < -0.4 is 0 Å². The maximum absolute atomic E-state index is 9.84. The van der Waals surface area contributed by atoms with Crippen LogP contribution in [0.4, 0.5) is 0 Å². The molecule has 0 spiro atoms. The largest absolute Gasteiger partial charge is 0.391 e. The number of nitrogens with zero attached hydrogens (tertiary/aromatic N) is 4. The van der Waals surface area contributed by atoms with Crippen molar-refractivity contribution in [2.24, 2.45) is 5.16 Å². The smallest absolute Gasteiger partial charge is 0.142 e. The van der Waals surface area contributed by atoms with Gasteiger partial charge in [0.1, 0.15) is 24.4 Å². The highest BCUT2D eigenvalue weighted by Gasteiger charge is 2.28. The molecular weight excluding hydrogens is 296 g/mol. The molecule has 1 fully saturated rings. The van der Waals surface area contributed by atoms with Gasteiger partial charge >= 0.3 is 0 Å². The van der Waals surface area contributed by atoms with Gasteiger partial charge in [0.2, 0.25) is 0 Å². The van der Waals surface area contributed by atoms with Crippen LogP contribution in [-0.2, 0) is 16.2 Å². The van der Waals surface area contributed by atoms with Gasteiger partial charge in [-0.15, -0.1) is 5.10 Å². The molecule has 1 aliphatic rings. The van der Waals surface area contributed by atoms with Gasteiger partial charge in [0.05, 0.1) is 25.1 Å². The number of aromatic nitrogens is 3. The summed E-state index contributed by atoms with van der Waals surface area (Å²) in [5.41, 5.74) is 3.64. The lowest BCUT2D eigenvalue weighted by molar-refractivity contribution is 0.117. The average Bonchev–Trinajstić information content (AvgIpc) is 3.16. The topological polar surface area (TPSA) is 81.8 Å². The van der Waals surface area contributed by atoms with Crippen molar-refractivity contribution in [3.05, 3.63) is 36.0 Å². The Labute approximate surface area is 134 Å². The fourth-order valence-corrected chi connectivity index (χ4v) is 2.36. The van der Waals surface area contributed by atoms with Crippen molar-refractivity contribution >= 4 is 5.71 Å². The summed E-state index contributed by atoms with van der Waals surface area (Å²) in [6, 6.07) is 7.72. The van der Waals surface area contributed by atoms with Crippen LogP contribution in [0.25, 0.3) is 11.3 Å². The predicted octanol–water partition coefficient (Wildman–Crippen LogP) is 1.79. The Morgan fingerprint density at radius 3 is 2.78 bits per heavy atom. The summed E-state index contributed by atoms with van der Waals surface area (Å²) in [6.07, 6.45) is 1.30. The Kier molecular flexibility index (Phi) is 4.68. The summed E-state index contributed by atoms with van der Waals surface area (Å²) in [5, 5.41) is 22.0. The lowest BCUT2D eigenvalue weighted by atomic mass is 10.1. The first-order chi connectivity index (χ1) is 11.1. The standard InChI is InChI=1S/C16H20N4O3/c1-11(2)18-23-8-12-3-5-13(6-4-12)14-7-20(19-17-14)15-9-22-10-16(15)21/h3-7,15-16,21H,8-10H2,1-2H3/t15-,16-/m1/s1. The van der Waals surface area contributed by atoms with Gasteiger partial charge in [0.15, 0.2) is 0 Å². The quantitative estimate of drug-likeness (QED) is 0.672. The Morgan fingerprint density at radius 2 is 2.13 bits per heavy atom. The van der Waals surface area contributed by atoms with Gasteiger partial charge in [-0.1, -0.05) is 34.6 Å². The van der Waals surface area contributed by atoms with E-state index in [0.29, 0.717) is 19.8 Å². The second kappa shape index (κ2) is 6.89. The van der Waals surface area contributed by atoms with Crippen LogP contribution in [0.2, 0.25) is 0 Å². The highest BCUT2D eigenvalue weighted by molar-refractivity contribution is 5.78. The van der Waals surface area contributed by atoms with E-state index in [0.717, 1.165) is 22.5 Å². The zero-order valence-corrected chi connectivity index (χ0v) is 13.2. The third-order valence-corrected chi connectivity index (χ3v) is 3.60. The molecule has 7 nitrogen and oxygen atoms in total. The van der Waals surface area contributed by atoms with Gasteiger partial charge in [-0.05, 0) is 19.4 Å².